The SMILES string of the molecule is CCCCCCCCC(=O)NC1CNC1=O. The number of hydrogen-bond donors (Lipinski definition) is 2. The van der Waals surface area contributed by atoms with Gasteiger partial charge in [-0.1, -0.05) is 39.0 Å². The molecule has 1 saturated heterocycles. The highest BCUT2D eigenvalue weighted by atomic mass is 16.2. The lowest BCUT2D eigenvalue weighted by atomic mass is 10.1. The van der Waals surface area contributed by atoms with E-state index in [1.165, 1.54) is 25.7 Å². The van der Waals surface area contributed by atoms with Crippen molar-refractivity contribution in [1.82, 2.24) is 10.6 Å². The Morgan fingerprint density at radius 3 is 2.56 bits per heavy atom. The lowest BCUT2D eigenvalue weighted by Gasteiger charge is -2.26. The highest BCUT2D eigenvalue weighted by Gasteiger charge is 2.28. The topological polar surface area (TPSA) is 58.2 Å². The van der Waals surface area contributed by atoms with Gasteiger partial charge >= 0.3 is 0 Å². The van der Waals surface area contributed by atoms with Crippen molar-refractivity contribution in [2.45, 2.75) is 57.9 Å². The molecule has 92 valence electrons. The van der Waals surface area contributed by atoms with E-state index >= 15 is 0 Å². The molecule has 0 aromatic rings. The molecular weight excluding hydrogens is 204 g/mol. The Morgan fingerprint density at radius 2 is 2.00 bits per heavy atom. The quantitative estimate of drug-likeness (QED) is 0.485. The van der Waals surface area contributed by atoms with Gasteiger partial charge in [-0.3, -0.25) is 9.59 Å². The molecule has 1 atom stereocenters. The molecular formula is C12H22N2O2. The van der Waals surface area contributed by atoms with Crippen LogP contribution in [0.5, 0.6) is 0 Å². The normalized spacial score (nSPS) is 18.8. The molecule has 2 N–H and O–H groups in total. The van der Waals surface area contributed by atoms with Crippen molar-refractivity contribution < 1.29 is 9.59 Å². The molecule has 1 unspecified atom stereocenters. The van der Waals surface area contributed by atoms with Crippen LogP contribution >= 0.6 is 0 Å². The van der Waals surface area contributed by atoms with Crippen LogP contribution in [-0.2, 0) is 9.59 Å². The smallest absolute Gasteiger partial charge is 0.244 e. The van der Waals surface area contributed by atoms with Gasteiger partial charge in [0.15, 0.2) is 0 Å². The number of hydrogen-bond acceptors (Lipinski definition) is 2. The number of carbonyl (C=O) groups excluding carboxylic acids is 2. The molecule has 0 aliphatic carbocycles. The molecule has 0 bridgehead atoms. The summed E-state index contributed by atoms with van der Waals surface area (Å²) in [4.78, 5) is 22.3. The Labute approximate surface area is 97.2 Å². The zero-order valence-corrected chi connectivity index (χ0v) is 10.1. The van der Waals surface area contributed by atoms with Crippen molar-refractivity contribution in [3.05, 3.63) is 0 Å². The van der Waals surface area contributed by atoms with E-state index in [4.69, 9.17) is 0 Å². The van der Waals surface area contributed by atoms with Crippen molar-refractivity contribution in [3.8, 4) is 0 Å². The minimum absolute atomic E-state index is 0.00958. The predicted octanol–water partition coefficient (Wildman–Crippen LogP) is 1.35. The first-order chi connectivity index (χ1) is 7.74. The van der Waals surface area contributed by atoms with Crippen molar-refractivity contribution in [3.63, 3.8) is 0 Å². The Kier molecular flexibility index (Phi) is 5.90. The van der Waals surface area contributed by atoms with Gasteiger partial charge in [-0.15, -0.1) is 0 Å². The summed E-state index contributed by atoms with van der Waals surface area (Å²) in [6.07, 6.45) is 7.62. The van der Waals surface area contributed by atoms with Gasteiger partial charge in [0.2, 0.25) is 11.8 Å². The van der Waals surface area contributed by atoms with E-state index in [2.05, 4.69) is 17.6 Å². The van der Waals surface area contributed by atoms with E-state index in [1.54, 1.807) is 0 Å². The maximum atomic E-state index is 11.4. The largest absolute Gasteiger partial charge is 0.352 e. The maximum Gasteiger partial charge on any atom is 0.244 e. The first-order valence-corrected chi connectivity index (χ1v) is 6.31. The number of carbonyl (C=O) groups is 2. The van der Waals surface area contributed by atoms with Gasteiger partial charge in [-0.05, 0) is 6.42 Å². The molecule has 16 heavy (non-hydrogen) atoms. The summed E-state index contributed by atoms with van der Waals surface area (Å²) < 4.78 is 0. The number of β-lactam (4-membered cyclic amide) rings is 1. The molecule has 0 spiro atoms. The summed E-state index contributed by atoms with van der Waals surface area (Å²) >= 11 is 0. The predicted molar refractivity (Wildman–Crippen MR) is 62.9 cm³/mol. The minimum atomic E-state index is -0.271. The molecule has 1 heterocycles. The molecule has 4 heteroatoms. The molecule has 1 rings (SSSR count). The third-order valence-electron chi connectivity index (χ3n) is 2.89. The van der Waals surface area contributed by atoms with Crippen LogP contribution < -0.4 is 10.6 Å². The number of amides is 2. The average Bonchev–Trinajstić information content (AvgIpc) is 2.28. The average molecular weight is 226 g/mol. The van der Waals surface area contributed by atoms with Gasteiger partial charge in [0.1, 0.15) is 6.04 Å². The number of rotatable bonds is 8. The molecule has 0 aromatic carbocycles. The molecule has 0 radical (unpaired) electrons. The van der Waals surface area contributed by atoms with Crippen molar-refractivity contribution in [1.29, 1.82) is 0 Å². The third kappa shape index (κ3) is 4.64. The minimum Gasteiger partial charge on any atom is -0.352 e. The number of nitrogens with one attached hydrogen (secondary N) is 2. The van der Waals surface area contributed by atoms with Crippen LogP contribution in [0.2, 0.25) is 0 Å². The second-order valence-electron chi connectivity index (χ2n) is 4.38. The van der Waals surface area contributed by atoms with Crippen LogP contribution in [-0.4, -0.2) is 24.4 Å². The second kappa shape index (κ2) is 7.25. The monoisotopic (exact) mass is 226 g/mol. The molecule has 0 saturated carbocycles. The fraction of sp³-hybridized carbons (Fsp3) is 0.833. The standard InChI is InChI=1S/C12H22N2O2/c1-2-3-4-5-6-7-8-11(15)14-10-9-13-12(10)16/h10H,2-9H2,1H3,(H,13,16)(H,14,15). The zero-order valence-electron chi connectivity index (χ0n) is 10.1. The second-order valence-corrected chi connectivity index (χ2v) is 4.38. The fourth-order valence-corrected chi connectivity index (χ4v) is 1.74. The third-order valence-corrected chi connectivity index (χ3v) is 2.89. The summed E-state index contributed by atoms with van der Waals surface area (Å²) in [7, 11) is 0. The summed E-state index contributed by atoms with van der Waals surface area (Å²) in [6, 6.07) is -0.271. The van der Waals surface area contributed by atoms with Crippen LogP contribution in [0.25, 0.3) is 0 Å². The lowest BCUT2D eigenvalue weighted by molar-refractivity contribution is -0.133. The van der Waals surface area contributed by atoms with E-state index in [0.717, 1.165) is 12.8 Å². The van der Waals surface area contributed by atoms with Crippen molar-refractivity contribution in [2.75, 3.05) is 6.54 Å². The fourth-order valence-electron chi connectivity index (χ4n) is 1.74. The maximum absolute atomic E-state index is 11.4. The van der Waals surface area contributed by atoms with Crippen molar-refractivity contribution >= 4 is 11.8 Å². The van der Waals surface area contributed by atoms with Crippen LogP contribution in [0, 0.1) is 0 Å². The first kappa shape index (κ1) is 13.0. The van der Waals surface area contributed by atoms with Gasteiger partial charge in [0.25, 0.3) is 0 Å². The Hall–Kier alpha value is -1.06. The van der Waals surface area contributed by atoms with Gasteiger partial charge in [0.05, 0.1) is 0 Å². The Morgan fingerprint density at radius 1 is 1.31 bits per heavy atom. The Bertz CT molecular complexity index is 241. The highest BCUT2D eigenvalue weighted by Crippen LogP contribution is 2.07. The molecule has 4 nitrogen and oxygen atoms in total. The van der Waals surface area contributed by atoms with Crippen LogP contribution in [0.15, 0.2) is 0 Å². The van der Waals surface area contributed by atoms with Crippen LogP contribution in [0.4, 0.5) is 0 Å². The van der Waals surface area contributed by atoms with Gasteiger partial charge in [-0.25, -0.2) is 0 Å². The van der Waals surface area contributed by atoms with E-state index in [-0.39, 0.29) is 17.9 Å². The van der Waals surface area contributed by atoms with E-state index < -0.39 is 0 Å². The van der Waals surface area contributed by atoms with Crippen LogP contribution in [0.3, 0.4) is 0 Å². The lowest BCUT2D eigenvalue weighted by Crippen LogP contribution is -2.61. The van der Waals surface area contributed by atoms with E-state index in [9.17, 15) is 9.59 Å². The molecule has 1 fully saturated rings. The summed E-state index contributed by atoms with van der Waals surface area (Å²) in [5.74, 6) is -0.0494. The number of unbranched alkanes of at least 4 members (excludes halogenated alkanes) is 5. The molecule has 0 aromatic heterocycles. The molecule has 2 amide bonds. The zero-order chi connectivity index (χ0) is 11.8. The summed E-state index contributed by atoms with van der Waals surface area (Å²) in [6.45, 7) is 2.78. The summed E-state index contributed by atoms with van der Waals surface area (Å²) in [5, 5.41) is 5.32. The van der Waals surface area contributed by atoms with Crippen molar-refractivity contribution in [2.24, 2.45) is 0 Å². The Balaban J connectivity index is 1.92. The van der Waals surface area contributed by atoms with Gasteiger partial charge in [-0.2, -0.15) is 0 Å². The van der Waals surface area contributed by atoms with E-state index in [1.807, 2.05) is 0 Å². The van der Waals surface area contributed by atoms with Crippen LogP contribution in [0.1, 0.15) is 51.9 Å². The highest BCUT2D eigenvalue weighted by molar-refractivity contribution is 5.92. The molecule has 1 aliphatic rings. The first-order valence-electron chi connectivity index (χ1n) is 6.31. The van der Waals surface area contributed by atoms with E-state index in [0.29, 0.717) is 13.0 Å². The van der Waals surface area contributed by atoms with Gasteiger partial charge < -0.3 is 10.6 Å². The summed E-state index contributed by atoms with van der Waals surface area (Å²) in [5.41, 5.74) is 0. The van der Waals surface area contributed by atoms with Gasteiger partial charge in [0, 0.05) is 13.0 Å². The molecule has 1 aliphatic heterocycles.